The zero-order valence-corrected chi connectivity index (χ0v) is 64.3. The molecule has 0 spiro atoms. The van der Waals surface area contributed by atoms with Crippen molar-refractivity contribution in [1.29, 1.82) is 0 Å². The van der Waals surface area contributed by atoms with Crippen LogP contribution in [0.15, 0.2) is 322 Å². The Kier molecular flexibility index (Phi) is 19.0. The first-order chi connectivity index (χ1) is 52.0. The maximum atomic E-state index is 6.44. The molecule has 108 heavy (non-hydrogen) atoms. The van der Waals surface area contributed by atoms with Gasteiger partial charge in [0.15, 0.2) is 0 Å². The Morgan fingerprint density at radius 2 is 0.574 bits per heavy atom. The van der Waals surface area contributed by atoms with Crippen LogP contribution >= 0.6 is 11.3 Å². The van der Waals surface area contributed by atoms with Crippen molar-refractivity contribution < 1.29 is 27.9 Å². The lowest BCUT2D eigenvalue weighted by atomic mass is 9.75. The van der Waals surface area contributed by atoms with Crippen molar-refractivity contribution in [3.8, 4) is 5.69 Å². The van der Waals surface area contributed by atoms with Crippen LogP contribution in [0.1, 0.15) is 83.1 Å². The Bertz CT molecular complexity index is 5540. The minimum Gasteiger partial charge on any atom is -0.399 e. The lowest BCUT2D eigenvalue weighted by Gasteiger charge is -2.32. The topological polar surface area (TPSA) is 70.0 Å². The minimum atomic E-state index is -0.423. The Morgan fingerprint density at radius 1 is 0.250 bits per heavy atom. The molecule has 3 aliphatic heterocycles. The number of rotatable bonds is 13. The number of fused-ring (bicyclic) bond motifs is 7. The van der Waals surface area contributed by atoms with Crippen molar-refractivity contribution in [2.75, 3.05) is 14.7 Å². The van der Waals surface area contributed by atoms with E-state index in [-0.39, 0.29) is 29.5 Å². The van der Waals surface area contributed by atoms with E-state index < -0.39 is 25.4 Å². The van der Waals surface area contributed by atoms with E-state index in [1.54, 1.807) is 0 Å². The Labute approximate surface area is 640 Å². The molecule has 0 atom stereocenters. The molecule has 13 aromatic carbocycles. The summed E-state index contributed by atoms with van der Waals surface area (Å²) in [4.78, 5) is 6.92. The summed E-state index contributed by atoms with van der Waals surface area (Å²) in [6.45, 7) is 25.1. The standard InChI is InChI=1S/C36H33BN2O2.C30H28BNO2S.C28H28BNO2/c1-35(2)36(3,4)41-37(40-35)26-20-22-33-31(24-26)32-25-30(21-23-34(32)39(33)29-18-12-7-13-19-29)38(27-14-8-5-9-15-27)28-16-10-6-11-17-28;1-29(2)30(3,4)34-31(33-29)21-15-17-25-26-18-16-24(20-28(26)35-27(25)19-21)32(22-11-7-5-8-12-22)23-13-9-6-10-14-23;1-27(2)28(3,4)32-29(31-27)25-19-20-26(24-18-12-11-17-23(24)25)30(21-13-7-5-8-14-21)22-15-9-6-10-16-22/h5-25H,1-4H3;5-20H,1-4H3;5-20H,1-4H3. The number of hydrogen-bond donors (Lipinski definition) is 0. The van der Waals surface area contributed by atoms with E-state index in [4.69, 9.17) is 27.9 Å². The number of para-hydroxylation sites is 7. The molecule has 18 rings (SSSR count). The average molecular weight is 1440 g/mol. The molecule has 0 aliphatic carbocycles. The zero-order chi connectivity index (χ0) is 74.7. The number of hydrogen-bond acceptors (Lipinski definition) is 10. The molecular weight excluding hydrogens is 1350 g/mol. The molecule has 15 aromatic rings. The molecule has 0 unspecified atom stereocenters. The molecule has 14 heteroatoms. The molecule has 10 nitrogen and oxygen atoms in total. The molecule has 0 radical (unpaired) electrons. The second-order valence-electron chi connectivity index (χ2n) is 31.2. The normalized spacial score (nSPS) is 16.5. The first-order valence-electron chi connectivity index (χ1n) is 37.4. The Morgan fingerprint density at radius 3 is 1.02 bits per heavy atom. The van der Waals surface area contributed by atoms with E-state index in [0.29, 0.717) is 0 Å². The Hall–Kier alpha value is -10.5. The highest BCUT2D eigenvalue weighted by Crippen LogP contribution is 2.46. The molecule has 536 valence electrons. The quantitative estimate of drug-likeness (QED) is 0.105. The van der Waals surface area contributed by atoms with Gasteiger partial charge in [-0.1, -0.05) is 188 Å². The van der Waals surface area contributed by atoms with Gasteiger partial charge >= 0.3 is 21.4 Å². The van der Waals surface area contributed by atoms with Gasteiger partial charge in [-0.15, -0.1) is 11.3 Å². The lowest BCUT2D eigenvalue weighted by Crippen LogP contribution is -2.41. The summed E-state index contributed by atoms with van der Waals surface area (Å²) in [6, 6.07) is 113. The summed E-state index contributed by atoms with van der Waals surface area (Å²) in [6.07, 6.45) is 0. The molecule has 3 fully saturated rings. The predicted octanol–water partition coefficient (Wildman–Crippen LogP) is 23.0. The molecule has 3 aliphatic rings. The van der Waals surface area contributed by atoms with Crippen LogP contribution < -0.4 is 31.1 Å². The monoisotopic (exact) mass is 1430 g/mol. The van der Waals surface area contributed by atoms with Gasteiger partial charge in [-0.25, -0.2) is 0 Å². The van der Waals surface area contributed by atoms with Crippen LogP contribution in [-0.2, 0) is 27.9 Å². The third-order valence-corrected chi connectivity index (χ3v) is 23.7. The molecule has 0 amide bonds. The number of anilines is 9. The highest BCUT2D eigenvalue weighted by molar-refractivity contribution is 7.26. The van der Waals surface area contributed by atoms with Crippen LogP contribution in [0.25, 0.3) is 58.4 Å². The van der Waals surface area contributed by atoms with E-state index in [1.807, 2.05) is 23.5 Å². The van der Waals surface area contributed by atoms with Crippen molar-refractivity contribution in [2.45, 2.75) is 117 Å². The average Bonchev–Trinajstić information content (AvgIpc) is 1.58. The number of benzene rings is 13. The van der Waals surface area contributed by atoms with Gasteiger partial charge in [0.1, 0.15) is 0 Å². The number of thiophene rings is 1. The molecule has 0 bridgehead atoms. The number of aromatic nitrogens is 1. The Balaban J connectivity index is 0.000000125. The van der Waals surface area contributed by atoms with E-state index in [2.05, 4.69) is 412 Å². The highest BCUT2D eigenvalue weighted by Gasteiger charge is 2.54. The van der Waals surface area contributed by atoms with Crippen molar-refractivity contribution in [1.82, 2.24) is 4.57 Å². The molecule has 5 heterocycles. The van der Waals surface area contributed by atoms with Gasteiger partial charge in [-0.05, 0) is 238 Å². The lowest BCUT2D eigenvalue weighted by molar-refractivity contribution is 0.00578. The molecule has 0 saturated carbocycles. The summed E-state index contributed by atoms with van der Waals surface area (Å²) in [5, 5.41) is 7.18. The maximum Gasteiger partial charge on any atom is 0.495 e. The third kappa shape index (κ3) is 13.6. The second kappa shape index (κ2) is 28.6. The van der Waals surface area contributed by atoms with Crippen LogP contribution in [0.4, 0.5) is 51.2 Å². The first kappa shape index (κ1) is 71.7. The number of nitrogens with zero attached hydrogens (tertiary/aromatic N) is 4. The van der Waals surface area contributed by atoms with Gasteiger partial charge in [0.25, 0.3) is 0 Å². The first-order valence-corrected chi connectivity index (χ1v) is 38.2. The van der Waals surface area contributed by atoms with Crippen LogP contribution in [0.5, 0.6) is 0 Å². The maximum absolute atomic E-state index is 6.44. The summed E-state index contributed by atoms with van der Waals surface area (Å²) in [5.74, 6) is 0. The highest BCUT2D eigenvalue weighted by atomic mass is 32.1. The van der Waals surface area contributed by atoms with Gasteiger partial charge in [-0.3, -0.25) is 0 Å². The van der Waals surface area contributed by atoms with E-state index in [0.717, 1.165) is 95.1 Å². The smallest absolute Gasteiger partial charge is 0.399 e. The van der Waals surface area contributed by atoms with Gasteiger partial charge in [0.2, 0.25) is 0 Å². The van der Waals surface area contributed by atoms with E-state index in [9.17, 15) is 0 Å². The molecule has 3 saturated heterocycles. The van der Waals surface area contributed by atoms with Crippen molar-refractivity contribution in [2.24, 2.45) is 0 Å². The second-order valence-corrected chi connectivity index (χ2v) is 32.3. The molecular formula is C94H89B3N4O6S. The fraction of sp³-hybridized carbons (Fsp3) is 0.191. The summed E-state index contributed by atoms with van der Waals surface area (Å²) >= 11 is 1.82. The van der Waals surface area contributed by atoms with Crippen LogP contribution in [0, 0.1) is 0 Å². The van der Waals surface area contributed by atoms with Crippen molar-refractivity contribution >= 4 is 153 Å². The predicted molar refractivity (Wildman–Crippen MR) is 455 cm³/mol. The summed E-state index contributed by atoms with van der Waals surface area (Å²) in [7, 11) is -1.18. The fourth-order valence-corrected chi connectivity index (χ4v) is 15.8. The summed E-state index contributed by atoms with van der Waals surface area (Å²) < 4.78 is 43.1. The van der Waals surface area contributed by atoms with Gasteiger partial charge in [-0.2, -0.15) is 0 Å². The fourth-order valence-electron chi connectivity index (χ4n) is 14.7. The minimum absolute atomic E-state index is 0.347. The third-order valence-electron chi connectivity index (χ3n) is 22.6. The van der Waals surface area contributed by atoms with Gasteiger partial charge < -0.3 is 47.2 Å². The van der Waals surface area contributed by atoms with Crippen molar-refractivity contribution in [3.05, 3.63) is 322 Å². The van der Waals surface area contributed by atoms with Crippen LogP contribution in [0.2, 0.25) is 0 Å². The van der Waals surface area contributed by atoms with E-state index >= 15 is 0 Å². The summed E-state index contributed by atoms with van der Waals surface area (Å²) in [5.41, 5.74) is 14.5. The molecule has 2 aromatic heterocycles. The molecule has 0 N–H and O–H groups in total. The largest absolute Gasteiger partial charge is 0.495 e. The SMILES string of the molecule is CC1(C)OB(c2ccc(N(c3ccccc3)c3ccccc3)c3ccccc23)OC1(C)C.CC1(C)OB(c2ccc3c(c2)c2cc(N(c4ccccc4)c4ccccc4)ccc2n3-c2ccccc2)OC1(C)C.CC1(C)OB(c2ccc3c(c2)sc2cc(N(c4ccccc4)c4ccccc4)ccc23)OC1(C)C. The van der Waals surface area contributed by atoms with Gasteiger partial charge in [0.05, 0.1) is 50.3 Å². The van der Waals surface area contributed by atoms with E-state index in [1.165, 1.54) is 30.9 Å². The van der Waals surface area contributed by atoms with Gasteiger partial charge in [0, 0.05) is 87.5 Å². The van der Waals surface area contributed by atoms with Crippen LogP contribution in [-0.4, -0.2) is 59.5 Å². The van der Waals surface area contributed by atoms with Crippen molar-refractivity contribution in [3.63, 3.8) is 0 Å². The zero-order valence-electron chi connectivity index (χ0n) is 63.5. The van der Waals surface area contributed by atoms with Crippen LogP contribution in [0.3, 0.4) is 0 Å².